The molecule has 2 aliphatic rings. The van der Waals surface area contributed by atoms with Crippen molar-refractivity contribution in [2.75, 3.05) is 37.7 Å². The molecule has 19 heavy (non-hydrogen) atoms. The van der Waals surface area contributed by atoms with Gasteiger partial charge in [0.25, 0.3) is 0 Å². The van der Waals surface area contributed by atoms with Crippen LogP contribution in [0.15, 0.2) is 0 Å². The fraction of sp³-hybridized carbons (Fsp3) is 0.846. The minimum absolute atomic E-state index is 0.00523. The van der Waals surface area contributed by atoms with Gasteiger partial charge in [-0.1, -0.05) is 0 Å². The standard InChI is InChI=1S/C13H23N3O2S/c1-10(17)15-8-11-2-5-16(6-3-11)13(18)12-9-19-7-4-14-12/h11-12,14H,2-9H2,1H3,(H,15,17). The highest BCUT2D eigenvalue weighted by Gasteiger charge is 2.29. The van der Waals surface area contributed by atoms with Crippen molar-refractivity contribution in [1.82, 2.24) is 15.5 Å². The predicted molar refractivity (Wildman–Crippen MR) is 77.1 cm³/mol. The van der Waals surface area contributed by atoms with Crippen molar-refractivity contribution < 1.29 is 9.59 Å². The summed E-state index contributed by atoms with van der Waals surface area (Å²) in [4.78, 5) is 25.2. The minimum Gasteiger partial charge on any atom is -0.356 e. The number of carbonyl (C=O) groups excluding carboxylic acids is 2. The van der Waals surface area contributed by atoms with E-state index in [1.165, 1.54) is 0 Å². The maximum Gasteiger partial charge on any atom is 0.240 e. The van der Waals surface area contributed by atoms with Gasteiger partial charge in [0.15, 0.2) is 0 Å². The molecule has 0 radical (unpaired) electrons. The van der Waals surface area contributed by atoms with Gasteiger partial charge >= 0.3 is 0 Å². The number of piperidine rings is 1. The molecule has 108 valence electrons. The SMILES string of the molecule is CC(=O)NCC1CCN(C(=O)C2CSCCN2)CC1. The van der Waals surface area contributed by atoms with E-state index in [0.717, 1.165) is 50.5 Å². The summed E-state index contributed by atoms with van der Waals surface area (Å²) in [7, 11) is 0. The Balaban J connectivity index is 1.72. The van der Waals surface area contributed by atoms with E-state index in [2.05, 4.69) is 10.6 Å². The molecule has 0 spiro atoms. The molecule has 1 atom stereocenters. The third-order valence-electron chi connectivity index (χ3n) is 3.79. The molecule has 2 N–H and O–H groups in total. The Bertz CT molecular complexity index is 324. The van der Waals surface area contributed by atoms with Crippen LogP contribution in [0, 0.1) is 5.92 Å². The monoisotopic (exact) mass is 285 g/mol. The van der Waals surface area contributed by atoms with Gasteiger partial charge in [0.2, 0.25) is 11.8 Å². The predicted octanol–water partition coefficient (Wildman–Crippen LogP) is 0.0661. The smallest absolute Gasteiger partial charge is 0.240 e. The molecule has 0 aromatic rings. The van der Waals surface area contributed by atoms with Crippen molar-refractivity contribution in [3.63, 3.8) is 0 Å². The van der Waals surface area contributed by atoms with E-state index < -0.39 is 0 Å². The lowest BCUT2D eigenvalue weighted by Gasteiger charge is -2.35. The molecule has 5 nitrogen and oxygen atoms in total. The van der Waals surface area contributed by atoms with Crippen molar-refractivity contribution in [1.29, 1.82) is 0 Å². The zero-order valence-electron chi connectivity index (χ0n) is 11.5. The van der Waals surface area contributed by atoms with Gasteiger partial charge in [-0.2, -0.15) is 11.8 Å². The Morgan fingerprint density at radius 3 is 2.68 bits per heavy atom. The Labute approximate surface area is 118 Å². The van der Waals surface area contributed by atoms with Gasteiger partial charge in [0.05, 0.1) is 6.04 Å². The molecule has 0 aromatic carbocycles. The van der Waals surface area contributed by atoms with Crippen LogP contribution in [0.3, 0.4) is 0 Å². The number of hydrogen-bond acceptors (Lipinski definition) is 4. The molecule has 0 bridgehead atoms. The first kappa shape index (κ1) is 14.7. The van der Waals surface area contributed by atoms with E-state index in [1.54, 1.807) is 6.92 Å². The molecule has 6 heteroatoms. The van der Waals surface area contributed by atoms with E-state index in [4.69, 9.17) is 0 Å². The Morgan fingerprint density at radius 1 is 1.37 bits per heavy atom. The van der Waals surface area contributed by atoms with E-state index in [9.17, 15) is 9.59 Å². The van der Waals surface area contributed by atoms with Gasteiger partial charge in [-0.25, -0.2) is 0 Å². The first-order valence-electron chi connectivity index (χ1n) is 7.01. The second-order valence-electron chi connectivity index (χ2n) is 5.29. The molecule has 0 aliphatic carbocycles. The van der Waals surface area contributed by atoms with E-state index in [1.807, 2.05) is 16.7 Å². The van der Waals surface area contributed by atoms with Crippen LogP contribution in [0.4, 0.5) is 0 Å². The Hall–Kier alpha value is -0.750. The molecule has 2 amide bonds. The summed E-state index contributed by atoms with van der Waals surface area (Å²) in [6, 6.07) is 0.00523. The van der Waals surface area contributed by atoms with E-state index in [-0.39, 0.29) is 17.9 Å². The van der Waals surface area contributed by atoms with Gasteiger partial charge < -0.3 is 15.5 Å². The molecule has 2 heterocycles. The number of nitrogens with one attached hydrogen (secondary N) is 2. The highest BCUT2D eigenvalue weighted by molar-refractivity contribution is 7.99. The van der Waals surface area contributed by atoms with Crippen molar-refractivity contribution in [3.8, 4) is 0 Å². The number of amides is 2. The van der Waals surface area contributed by atoms with Crippen LogP contribution in [-0.2, 0) is 9.59 Å². The lowest BCUT2D eigenvalue weighted by molar-refractivity contribution is -0.134. The highest BCUT2D eigenvalue weighted by Crippen LogP contribution is 2.18. The summed E-state index contributed by atoms with van der Waals surface area (Å²) < 4.78 is 0. The average Bonchev–Trinajstić information content (AvgIpc) is 2.46. The second kappa shape index (κ2) is 7.14. The lowest BCUT2D eigenvalue weighted by Crippen LogP contribution is -2.52. The molecule has 2 saturated heterocycles. The molecule has 0 saturated carbocycles. The van der Waals surface area contributed by atoms with Crippen LogP contribution < -0.4 is 10.6 Å². The molecule has 2 rings (SSSR count). The lowest BCUT2D eigenvalue weighted by atomic mass is 9.96. The Morgan fingerprint density at radius 2 is 2.11 bits per heavy atom. The van der Waals surface area contributed by atoms with Gasteiger partial charge in [-0.15, -0.1) is 0 Å². The van der Waals surface area contributed by atoms with Gasteiger partial charge in [-0.3, -0.25) is 9.59 Å². The molecule has 2 aliphatic heterocycles. The summed E-state index contributed by atoms with van der Waals surface area (Å²) in [6.07, 6.45) is 1.98. The largest absolute Gasteiger partial charge is 0.356 e. The first-order valence-corrected chi connectivity index (χ1v) is 8.16. The number of hydrogen-bond donors (Lipinski definition) is 2. The van der Waals surface area contributed by atoms with E-state index >= 15 is 0 Å². The quantitative estimate of drug-likeness (QED) is 0.770. The molecule has 1 unspecified atom stereocenters. The molecule has 2 fully saturated rings. The fourth-order valence-electron chi connectivity index (χ4n) is 2.59. The average molecular weight is 285 g/mol. The topological polar surface area (TPSA) is 61.4 Å². The van der Waals surface area contributed by atoms with Crippen molar-refractivity contribution in [2.45, 2.75) is 25.8 Å². The van der Waals surface area contributed by atoms with Crippen LogP contribution >= 0.6 is 11.8 Å². The van der Waals surface area contributed by atoms with Gasteiger partial charge in [0, 0.05) is 44.6 Å². The summed E-state index contributed by atoms with van der Waals surface area (Å²) in [5.74, 6) is 2.79. The van der Waals surface area contributed by atoms with Crippen LogP contribution in [0.5, 0.6) is 0 Å². The first-order chi connectivity index (χ1) is 9.16. The summed E-state index contributed by atoms with van der Waals surface area (Å²) >= 11 is 1.85. The minimum atomic E-state index is 0.00523. The maximum atomic E-state index is 12.3. The third kappa shape index (κ3) is 4.38. The van der Waals surface area contributed by atoms with Crippen molar-refractivity contribution in [3.05, 3.63) is 0 Å². The molecular weight excluding hydrogens is 262 g/mol. The number of nitrogens with zero attached hydrogens (tertiary/aromatic N) is 1. The summed E-state index contributed by atoms with van der Waals surface area (Å²) in [5.41, 5.74) is 0. The molecular formula is C13H23N3O2S. The number of carbonyl (C=O) groups is 2. The number of thioether (sulfide) groups is 1. The zero-order chi connectivity index (χ0) is 13.7. The highest BCUT2D eigenvalue weighted by atomic mass is 32.2. The number of rotatable bonds is 3. The fourth-order valence-corrected chi connectivity index (χ4v) is 3.51. The summed E-state index contributed by atoms with van der Waals surface area (Å²) in [6.45, 7) is 4.87. The normalized spacial score (nSPS) is 25.1. The van der Waals surface area contributed by atoms with Crippen molar-refractivity contribution >= 4 is 23.6 Å². The number of likely N-dealkylation sites (tertiary alicyclic amines) is 1. The van der Waals surface area contributed by atoms with Gasteiger partial charge in [-0.05, 0) is 18.8 Å². The van der Waals surface area contributed by atoms with Crippen LogP contribution in [0.25, 0.3) is 0 Å². The summed E-state index contributed by atoms with van der Waals surface area (Å²) in [5, 5.41) is 6.16. The van der Waals surface area contributed by atoms with Crippen molar-refractivity contribution in [2.24, 2.45) is 5.92 Å². The third-order valence-corrected chi connectivity index (χ3v) is 4.85. The second-order valence-corrected chi connectivity index (χ2v) is 6.44. The van der Waals surface area contributed by atoms with Crippen LogP contribution in [-0.4, -0.2) is 60.4 Å². The Kier molecular flexibility index (Phi) is 5.51. The van der Waals surface area contributed by atoms with E-state index in [0.29, 0.717) is 5.92 Å². The van der Waals surface area contributed by atoms with Gasteiger partial charge in [0.1, 0.15) is 0 Å². The molecule has 0 aromatic heterocycles. The van der Waals surface area contributed by atoms with Crippen LogP contribution in [0.1, 0.15) is 19.8 Å². The zero-order valence-corrected chi connectivity index (χ0v) is 12.3. The van der Waals surface area contributed by atoms with Crippen LogP contribution in [0.2, 0.25) is 0 Å². The maximum absolute atomic E-state index is 12.3.